The maximum Gasteiger partial charge on any atom is 0.282 e. The van der Waals surface area contributed by atoms with E-state index < -0.39 is 0 Å². The van der Waals surface area contributed by atoms with E-state index in [-0.39, 0.29) is 17.6 Å². The minimum Gasteiger partial charge on any atom is -0.490 e. The Morgan fingerprint density at radius 2 is 1.97 bits per heavy atom. The van der Waals surface area contributed by atoms with Crippen molar-refractivity contribution >= 4 is 55.6 Å². The fourth-order valence-electron chi connectivity index (χ4n) is 3.18. The van der Waals surface area contributed by atoms with Crippen LogP contribution in [-0.2, 0) is 0 Å². The van der Waals surface area contributed by atoms with Crippen molar-refractivity contribution in [2.24, 2.45) is 5.10 Å². The van der Waals surface area contributed by atoms with Gasteiger partial charge in [0.15, 0.2) is 11.5 Å². The third-order valence-corrected chi connectivity index (χ3v) is 6.19. The van der Waals surface area contributed by atoms with Crippen molar-refractivity contribution in [3.05, 3.63) is 60.1 Å². The molecule has 1 atom stereocenters. The first kappa shape index (κ1) is 24.7. The van der Waals surface area contributed by atoms with E-state index in [1.807, 2.05) is 52.0 Å². The molecule has 0 spiro atoms. The maximum atomic E-state index is 13.3. The van der Waals surface area contributed by atoms with Crippen molar-refractivity contribution in [1.29, 1.82) is 0 Å². The molecule has 0 bridgehead atoms. The van der Waals surface area contributed by atoms with Crippen LogP contribution in [0.4, 0.5) is 0 Å². The summed E-state index contributed by atoms with van der Waals surface area (Å²) < 4.78 is 14.9. The second-order valence-corrected chi connectivity index (χ2v) is 9.81. The van der Waals surface area contributed by atoms with Gasteiger partial charge in [-0.1, -0.05) is 29.8 Å². The van der Waals surface area contributed by atoms with Gasteiger partial charge in [0.25, 0.3) is 5.56 Å². The lowest BCUT2D eigenvalue weighted by molar-refractivity contribution is 0.222. The minimum absolute atomic E-state index is 0.0295. The molecule has 1 heterocycles. The highest BCUT2D eigenvalue weighted by molar-refractivity contribution is 14.1. The van der Waals surface area contributed by atoms with E-state index in [0.29, 0.717) is 34.8 Å². The summed E-state index contributed by atoms with van der Waals surface area (Å²) in [6.07, 6.45) is 2.54. The summed E-state index contributed by atoms with van der Waals surface area (Å²) in [4.78, 5) is 18.1. The zero-order valence-electron chi connectivity index (χ0n) is 18.9. The number of fused-ring (bicyclic) bond motifs is 1. The lowest BCUT2D eigenvalue weighted by Gasteiger charge is -2.17. The van der Waals surface area contributed by atoms with Crippen molar-refractivity contribution in [3.8, 4) is 11.5 Å². The molecule has 2 aromatic carbocycles. The summed E-state index contributed by atoms with van der Waals surface area (Å²) in [5.41, 5.74) is 1.29. The highest BCUT2D eigenvalue weighted by Crippen LogP contribution is 2.34. The SMILES string of the molecule is CCOc1cc(C=Nn2c([C@H](C)CC)nc3ccc(Br)cc3c2=O)cc(I)c1OC(C)C. The van der Waals surface area contributed by atoms with Crippen molar-refractivity contribution < 1.29 is 9.47 Å². The van der Waals surface area contributed by atoms with Crippen molar-refractivity contribution in [3.63, 3.8) is 0 Å². The molecular weight excluding hydrogens is 585 g/mol. The zero-order valence-corrected chi connectivity index (χ0v) is 22.6. The number of hydrogen-bond acceptors (Lipinski definition) is 5. The zero-order chi connectivity index (χ0) is 23.4. The first-order valence-corrected chi connectivity index (χ1v) is 12.5. The van der Waals surface area contributed by atoms with Crippen LogP contribution in [0.3, 0.4) is 0 Å². The van der Waals surface area contributed by atoms with Crippen LogP contribution in [0.15, 0.2) is 44.7 Å². The van der Waals surface area contributed by atoms with Crippen LogP contribution in [0.1, 0.15) is 58.3 Å². The van der Waals surface area contributed by atoms with Gasteiger partial charge in [-0.15, -0.1) is 0 Å². The molecule has 0 N–H and O–H groups in total. The third-order valence-electron chi connectivity index (χ3n) is 4.89. The Labute approximate surface area is 210 Å². The van der Waals surface area contributed by atoms with Gasteiger partial charge in [0, 0.05) is 10.4 Å². The quantitative estimate of drug-likeness (QED) is 0.220. The van der Waals surface area contributed by atoms with Gasteiger partial charge in [-0.2, -0.15) is 9.78 Å². The van der Waals surface area contributed by atoms with E-state index in [2.05, 4.69) is 50.5 Å². The monoisotopic (exact) mass is 611 g/mol. The Morgan fingerprint density at radius 3 is 2.62 bits per heavy atom. The first-order chi connectivity index (χ1) is 15.2. The molecule has 1 aromatic heterocycles. The van der Waals surface area contributed by atoms with E-state index in [9.17, 15) is 4.79 Å². The average molecular weight is 612 g/mol. The Kier molecular flexibility index (Phi) is 8.32. The molecule has 0 aliphatic rings. The minimum atomic E-state index is -0.192. The topological polar surface area (TPSA) is 65.7 Å². The standard InChI is InChI=1S/C24H27BrIN3O3/c1-6-15(5)23-28-20-9-8-17(25)12-18(20)24(30)29(23)27-13-16-10-19(26)22(32-14(3)4)21(11-16)31-7-2/h8-15H,6-7H2,1-5H3/t15-/m1/s1. The molecule has 170 valence electrons. The largest absolute Gasteiger partial charge is 0.490 e. The number of nitrogens with zero attached hydrogens (tertiary/aromatic N) is 3. The van der Waals surface area contributed by atoms with Crippen LogP contribution in [-0.4, -0.2) is 28.6 Å². The Morgan fingerprint density at radius 1 is 1.22 bits per heavy atom. The van der Waals surface area contributed by atoms with Crippen molar-refractivity contribution in [2.75, 3.05) is 6.61 Å². The number of benzene rings is 2. The summed E-state index contributed by atoms with van der Waals surface area (Å²) in [7, 11) is 0. The van der Waals surface area contributed by atoms with Crippen LogP contribution >= 0.6 is 38.5 Å². The smallest absolute Gasteiger partial charge is 0.282 e. The number of aromatic nitrogens is 2. The van der Waals surface area contributed by atoms with Gasteiger partial charge < -0.3 is 9.47 Å². The number of halogens is 2. The normalized spacial score (nSPS) is 12.6. The Hall–Kier alpha value is -1.94. The predicted molar refractivity (Wildman–Crippen MR) is 141 cm³/mol. The van der Waals surface area contributed by atoms with E-state index in [1.54, 1.807) is 12.3 Å². The third kappa shape index (κ3) is 5.51. The van der Waals surface area contributed by atoms with Gasteiger partial charge in [-0.05, 0) is 85.7 Å². The summed E-state index contributed by atoms with van der Waals surface area (Å²) >= 11 is 5.67. The molecule has 0 aliphatic heterocycles. The van der Waals surface area contributed by atoms with Crippen LogP contribution in [0.25, 0.3) is 10.9 Å². The molecule has 3 aromatic rings. The van der Waals surface area contributed by atoms with E-state index in [0.717, 1.165) is 20.0 Å². The molecule has 32 heavy (non-hydrogen) atoms. The van der Waals surface area contributed by atoms with E-state index in [4.69, 9.17) is 14.5 Å². The summed E-state index contributed by atoms with van der Waals surface area (Å²) in [5, 5.41) is 5.08. The lowest BCUT2D eigenvalue weighted by Crippen LogP contribution is -2.23. The molecule has 3 rings (SSSR count). The predicted octanol–water partition coefficient (Wildman–Crippen LogP) is 6.35. The average Bonchev–Trinajstić information content (AvgIpc) is 2.75. The van der Waals surface area contributed by atoms with Crippen LogP contribution < -0.4 is 15.0 Å². The van der Waals surface area contributed by atoms with Crippen LogP contribution in [0.5, 0.6) is 11.5 Å². The second-order valence-electron chi connectivity index (χ2n) is 7.73. The van der Waals surface area contributed by atoms with Gasteiger partial charge in [0.2, 0.25) is 0 Å². The fraction of sp³-hybridized carbons (Fsp3) is 0.375. The summed E-state index contributed by atoms with van der Waals surface area (Å²) in [6.45, 7) is 10.5. The summed E-state index contributed by atoms with van der Waals surface area (Å²) in [6, 6.07) is 9.37. The molecule has 6 nitrogen and oxygen atoms in total. The van der Waals surface area contributed by atoms with Crippen molar-refractivity contribution in [1.82, 2.24) is 9.66 Å². The molecule has 0 aliphatic carbocycles. The first-order valence-electron chi connectivity index (χ1n) is 10.6. The number of hydrogen-bond donors (Lipinski definition) is 0. The van der Waals surface area contributed by atoms with Gasteiger partial charge in [0.1, 0.15) is 5.82 Å². The highest BCUT2D eigenvalue weighted by atomic mass is 127. The van der Waals surface area contributed by atoms with Gasteiger partial charge >= 0.3 is 0 Å². The van der Waals surface area contributed by atoms with Crippen LogP contribution in [0.2, 0.25) is 0 Å². The molecule has 0 fully saturated rings. The molecule has 0 amide bonds. The van der Waals surface area contributed by atoms with E-state index >= 15 is 0 Å². The molecular formula is C24H27BrIN3O3. The molecule has 0 saturated carbocycles. The van der Waals surface area contributed by atoms with Gasteiger partial charge in [0.05, 0.1) is 33.4 Å². The molecule has 0 radical (unpaired) electrons. The molecule has 0 unspecified atom stereocenters. The van der Waals surface area contributed by atoms with Gasteiger partial charge in [-0.3, -0.25) is 4.79 Å². The Bertz CT molecular complexity index is 1210. The lowest BCUT2D eigenvalue weighted by atomic mass is 10.1. The summed E-state index contributed by atoms with van der Waals surface area (Å²) in [5.74, 6) is 2.09. The Balaban J connectivity index is 2.13. The second kappa shape index (κ2) is 10.8. The molecule has 8 heteroatoms. The van der Waals surface area contributed by atoms with Crippen molar-refractivity contribution in [2.45, 2.75) is 53.1 Å². The van der Waals surface area contributed by atoms with Crippen LogP contribution in [0, 0.1) is 3.57 Å². The molecule has 0 saturated heterocycles. The van der Waals surface area contributed by atoms with Gasteiger partial charge in [-0.25, -0.2) is 4.98 Å². The van der Waals surface area contributed by atoms with E-state index in [1.165, 1.54) is 4.68 Å². The maximum absolute atomic E-state index is 13.3. The number of ether oxygens (including phenoxy) is 2. The highest BCUT2D eigenvalue weighted by Gasteiger charge is 2.16. The fourth-order valence-corrected chi connectivity index (χ4v) is 4.29. The number of rotatable bonds is 8.